The standard InChI is InChI=1S/C13H18N2O3/c14-12-8-15(6-7-17-10-12)13(16)18-9-11-4-2-1-3-5-11/h1-5,12H,6-10,14H2. The van der Waals surface area contributed by atoms with Crippen molar-refractivity contribution in [3.8, 4) is 0 Å². The van der Waals surface area contributed by atoms with Gasteiger partial charge in [-0.25, -0.2) is 4.79 Å². The molecule has 1 saturated heterocycles. The molecule has 98 valence electrons. The lowest BCUT2D eigenvalue weighted by Gasteiger charge is -2.21. The van der Waals surface area contributed by atoms with E-state index in [1.54, 1.807) is 4.90 Å². The van der Waals surface area contributed by atoms with Crippen LogP contribution in [0.25, 0.3) is 0 Å². The number of benzene rings is 1. The summed E-state index contributed by atoms with van der Waals surface area (Å²) in [6.07, 6.45) is -0.334. The van der Waals surface area contributed by atoms with Gasteiger partial charge in [0, 0.05) is 19.1 Å². The molecule has 1 atom stereocenters. The van der Waals surface area contributed by atoms with Crippen LogP contribution >= 0.6 is 0 Å². The molecule has 1 aliphatic rings. The van der Waals surface area contributed by atoms with Crippen LogP contribution in [-0.4, -0.2) is 43.3 Å². The number of carbonyl (C=O) groups is 1. The zero-order valence-corrected chi connectivity index (χ0v) is 10.2. The first-order valence-corrected chi connectivity index (χ1v) is 6.04. The lowest BCUT2D eigenvalue weighted by molar-refractivity contribution is 0.0917. The maximum atomic E-state index is 11.9. The summed E-state index contributed by atoms with van der Waals surface area (Å²) in [7, 11) is 0. The molecule has 1 fully saturated rings. The van der Waals surface area contributed by atoms with Gasteiger partial charge in [-0.1, -0.05) is 30.3 Å². The van der Waals surface area contributed by atoms with E-state index in [1.165, 1.54) is 0 Å². The molecule has 2 N–H and O–H groups in total. The van der Waals surface area contributed by atoms with E-state index in [0.717, 1.165) is 5.56 Å². The highest BCUT2D eigenvalue weighted by molar-refractivity contribution is 5.67. The minimum atomic E-state index is -0.334. The van der Waals surface area contributed by atoms with Crippen molar-refractivity contribution in [3.05, 3.63) is 35.9 Å². The highest BCUT2D eigenvalue weighted by Crippen LogP contribution is 2.05. The van der Waals surface area contributed by atoms with Gasteiger partial charge in [-0.2, -0.15) is 0 Å². The average Bonchev–Trinajstić information content (AvgIpc) is 2.62. The van der Waals surface area contributed by atoms with Gasteiger partial charge >= 0.3 is 6.09 Å². The van der Waals surface area contributed by atoms with E-state index in [1.807, 2.05) is 30.3 Å². The maximum absolute atomic E-state index is 11.9. The highest BCUT2D eigenvalue weighted by Gasteiger charge is 2.21. The van der Waals surface area contributed by atoms with E-state index in [2.05, 4.69) is 0 Å². The van der Waals surface area contributed by atoms with Gasteiger partial charge in [-0.05, 0) is 5.56 Å². The Labute approximate surface area is 106 Å². The van der Waals surface area contributed by atoms with E-state index in [9.17, 15) is 4.79 Å². The first kappa shape index (κ1) is 12.9. The number of hydrogen-bond donors (Lipinski definition) is 1. The van der Waals surface area contributed by atoms with Gasteiger partial charge in [-0.15, -0.1) is 0 Å². The number of rotatable bonds is 2. The van der Waals surface area contributed by atoms with Gasteiger partial charge in [0.1, 0.15) is 6.61 Å². The molecule has 0 spiro atoms. The second-order valence-corrected chi connectivity index (χ2v) is 4.32. The van der Waals surface area contributed by atoms with Crippen molar-refractivity contribution < 1.29 is 14.3 Å². The first-order chi connectivity index (χ1) is 8.75. The highest BCUT2D eigenvalue weighted by atomic mass is 16.6. The molecule has 5 heteroatoms. The summed E-state index contributed by atoms with van der Waals surface area (Å²) in [6.45, 7) is 2.29. The zero-order chi connectivity index (χ0) is 12.8. The number of ether oxygens (including phenoxy) is 2. The second kappa shape index (κ2) is 6.37. The van der Waals surface area contributed by atoms with Crippen molar-refractivity contribution in [2.24, 2.45) is 5.73 Å². The smallest absolute Gasteiger partial charge is 0.410 e. The van der Waals surface area contributed by atoms with Gasteiger partial charge in [0.2, 0.25) is 0 Å². The van der Waals surface area contributed by atoms with Crippen LogP contribution in [0, 0.1) is 0 Å². The molecule has 0 aromatic heterocycles. The maximum Gasteiger partial charge on any atom is 0.410 e. The van der Waals surface area contributed by atoms with Crippen LogP contribution in [0.2, 0.25) is 0 Å². The van der Waals surface area contributed by atoms with Crippen molar-refractivity contribution in [2.45, 2.75) is 12.6 Å². The Hall–Kier alpha value is -1.59. The molecule has 0 saturated carbocycles. The molecule has 1 heterocycles. The summed E-state index contributed by atoms with van der Waals surface area (Å²) in [5.41, 5.74) is 6.77. The second-order valence-electron chi connectivity index (χ2n) is 4.32. The minimum absolute atomic E-state index is 0.142. The van der Waals surface area contributed by atoms with Crippen LogP contribution in [0.4, 0.5) is 4.79 Å². The summed E-state index contributed by atoms with van der Waals surface area (Å²) in [5.74, 6) is 0. The lowest BCUT2D eigenvalue weighted by Crippen LogP contribution is -2.41. The van der Waals surface area contributed by atoms with Crippen LogP contribution in [0.1, 0.15) is 5.56 Å². The average molecular weight is 250 g/mol. The van der Waals surface area contributed by atoms with Crippen molar-refractivity contribution in [3.63, 3.8) is 0 Å². The molecule has 18 heavy (non-hydrogen) atoms. The molecule has 2 rings (SSSR count). The van der Waals surface area contributed by atoms with Crippen LogP contribution in [0.15, 0.2) is 30.3 Å². The van der Waals surface area contributed by atoms with E-state index < -0.39 is 0 Å². The van der Waals surface area contributed by atoms with E-state index in [-0.39, 0.29) is 18.7 Å². The molecule has 0 aliphatic carbocycles. The molecule has 1 amide bonds. The van der Waals surface area contributed by atoms with E-state index in [0.29, 0.717) is 26.3 Å². The van der Waals surface area contributed by atoms with Crippen molar-refractivity contribution >= 4 is 6.09 Å². The molecule has 1 aromatic rings. The Morgan fingerprint density at radius 3 is 3.00 bits per heavy atom. The fourth-order valence-corrected chi connectivity index (χ4v) is 1.81. The number of carbonyl (C=O) groups excluding carboxylic acids is 1. The summed E-state index contributed by atoms with van der Waals surface area (Å²) in [5, 5.41) is 0. The Balaban J connectivity index is 1.83. The van der Waals surface area contributed by atoms with Gasteiger partial charge in [0.05, 0.1) is 13.2 Å². The van der Waals surface area contributed by atoms with Crippen molar-refractivity contribution in [2.75, 3.05) is 26.3 Å². The molecule has 0 radical (unpaired) electrons. The third kappa shape index (κ3) is 3.72. The molecule has 5 nitrogen and oxygen atoms in total. The number of nitrogens with zero attached hydrogens (tertiary/aromatic N) is 1. The topological polar surface area (TPSA) is 64.8 Å². The van der Waals surface area contributed by atoms with Crippen LogP contribution < -0.4 is 5.73 Å². The van der Waals surface area contributed by atoms with Crippen LogP contribution in [0.5, 0.6) is 0 Å². The fraction of sp³-hybridized carbons (Fsp3) is 0.462. The Bertz CT molecular complexity index is 383. The predicted octanol–water partition coefficient (Wildman–Crippen LogP) is 0.983. The quantitative estimate of drug-likeness (QED) is 0.850. The summed E-state index contributed by atoms with van der Waals surface area (Å²) < 4.78 is 10.5. The largest absolute Gasteiger partial charge is 0.445 e. The molecular weight excluding hydrogens is 232 g/mol. The normalized spacial score (nSPS) is 20.3. The number of amides is 1. The van der Waals surface area contributed by atoms with E-state index >= 15 is 0 Å². The fourth-order valence-electron chi connectivity index (χ4n) is 1.81. The lowest BCUT2D eigenvalue weighted by atomic mass is 10.2. The predicted molar refractivity (Wildman–Crippen MR) is 67.0 cm³/mol. The first-order valence-electron chi connectivity index (χ1n) is 6.04. The Morgan fingerprint density at radius 1 is 1.44 bits per heavy atom. The molecular formula is C13H18N2O3. The minimum Gasteiger partial charge on any atom is -0.445 e. The van der Waals surface area contributed by atoms with Crippen LogP contribution in [0.3, 0.4) is 0 Å². The monoisotopic (exact) mass is 250 g/mol. The van der Waals surface area contributed by atoms with Gasteiger partial charge < -0.3 is 20.1 Å². The summed E-state index contributed by atoms with van der Waals surface area (Å²) in [6, 6.07) is 9.46. The van der Waals surface area contributed by atoms with E-state index in [4.69, 9.17) is 15.2 Å². The van der Waals surface area contributed by atoms with Crippen LogP contribution in [-0.2, 0) is 16.1 Å². The third-order valence-corrected chi connectivity index (χ3v) is 2.76. The molecule has 1 unspecified atom stereocenters. The van der Waals surface area contributed by atoms with Gasteiger partial charge in [-0.3, -0.25) is 0 Å². The number of hydrogen-bond acceptors (Lipinski definition) is 4. The number of nitrogens with two attached hydrogens (primary N) is 1. The molecule has 1 aromatic carbocycles. The Morgan fingerprint density at radius 2 is 2.22 bits per heavy atom. The van der Waals surface area contributed by atoms with Gasteiger partial charge in [0.25, 0.3) is 0 Å². The van der Waals surface area contributed by atoms with Gasteiger partial charge in [0.15, 0.2) is 0 Å². The Kier molecular flexibility index (Phi) is 4.55. The van der Waals surface area contributed by atoms with Crippen molar-refractivity contribution in [1.82, 2.24) is 4.90 Å². The summed E-state index contributed by atoms with van der Waals surface area (Å²) >= 11 is 0. The SMILES string of the molecule is NC1COCCN(C(=O)OCc2ccccc2)C1. The molecule has 0 bridgehead atoms. The zero-order valence-electron chi connectivity index (χ0n) is 10.2. The van der Waals surface area contributed by atoms with Crippen molar-refractivity contribution in [1.29, 1.82) is 0 Å². The third-order valence-electron chi connectivity index (χ3n) is 2.76. The summed E-state index contributed by atoms with van der Waals surface area (Å²) in [4.78, 5) is 13.5. The molecule has 1 aliphatic heterocycles.